The van der Waals surface area contributed by atoms with Crippen LogP contribution in [-0.2, 0) is 11.2 Å². The number of halogens is 2. The normalized spacial score (nSPS) is 13.4. The van der Waals surface area contributed by atoms with E-state index >= 15 is 0 Å². The number of benzene rings is 2. The highest BCUT2D eigenvalue weighted by atomic mass is 127. The molecule has 8 heteroatoms. The highest BCUT2D eigenvalue weighted by Crippen LogP contribution is 2.18. The van der Waals surface area contributed by atoms with Crippen molar-refractivity contribution >= 4 is 41.5 Å². The monoisotopic (exact) mass is 540 g/mol. The number of hydrogen-bond acceptors (Lipinski definition) is 3. The summed E-state index contributed by atoms with van der Waals surface area (Å²) in [4.78, 5) is 16.4. The molecule has 168 valence electrons. The quantitative estimate of drug-likeness (QED) is 0.254. The van der Waals surface area contributed by atoms with Gasteiger partial charge in [-0.3, -0.25) is 4.79 Å². The van der Waals surface area contributed by atoms with E-state index in [1.807, 2.05) is 44.2 Å². The third kappa shape index (κ3) is 9.54. The van der Waals surface area contributed by atoms with Gasteiger partial charge in [-0.15, -0.1) is 24.0 Å². The molecule has 0 atom stereocenters. The summed E-state index contributed by atoms with van der Waals surface area (Å²) in [5.74, 6) is 0.941. The zero-order valence-corrected chi connectivity index (χ0v) is 20.2. The van der Waals surface area contributed by atoms with Crippen molar-refractivity contribution in [3.05, 3.63) is 59.9 Å². The summed E-state index contributed by atoms with van der Waals surface area (Å²) in [6.45, 7) is 4.55. The second-order valence-corrected chi connectivity index (χ2v) is 7.63. The van der Waals surface area contributed by atoms with Gasteiger partial charge in [-0.1, -0.05) is 12.1 Å². The number of carbonyl (C=O) groups is 1. The molecule has 1 aliphatic rings. The van der Waals surface area contributed by atoms with Gasteiger partial charge in [0.15, 0.2) is 5.96 Å². The number of anilines is 1. The molecule has 2 aromatic rings. The van der Waals surface area contributed by atoms with Gasteiger partial charge in [0.1, 0.15) is 18.1 Å². The van der Waals surface area contributed by atoms with E-state index in [2.05, 4.69) is 20.9 Å². The Kier molecular flexibility index (Phi) is 10.0. The van der Waals surface area contributed by atoms with Crippen LogP contribution in [0.2, 0.25) is 0 Å². The molecule has 0 aromatic heterocycles. The maximum Gasteiger partial charge on any atom is 0.242 e. The molecule has 0 saturated heterocycles. The summed E-state index contributed by atoms with van der Waals surface area (Å²) in [6, 6.07) is 14.4. The van der Waals surface area contributed by atoms with Gasteiger partial charge in [-0.2, -0.15) is 0 Å². The summed E-state index contributed by atoms with van der Waals surface area (Å²) in [6.07, 6.45) is 2.82. The smallest absolute Gasteiger partial charge is 0.242 e. The zero-order valence-electron chi connectivity index (χ0n) is 17.9. The third-order valence-electron chi connectivity index (χ3n) is 4.41. The van der Waals surface area contributed by atoms with Crippen molar-refractivity contribution in [1.29, 1.82) is 0 Å². The molecule has 0 spiro atoms. The van der Waals surface area contributed by atoms with Crippen molar-refractivity contribution in [2.24, 2.45) is 4.99 Å². The van der Waals surface area contributed by atoms with Gasteiger partial charge in [0.05, 0.1) is 6.10 Å². The number of aliphatic imine (C=N–C) groups is 1. The van der Waals surface area contributed by atoms with E-state index in [1.165, 1.54) is 12.1 Å². The van der Waals surface area contributed by atoms with E-state index in [4.69, 9.17) is 4.74 Å². The first-order valence-electron chi connectivity index (χ1n) is 10.3. The van der Waals surface area contributed by atoms with Crippen molar-refractivity contribution in [2.45, 2.75) is 45.3 Å². The number of hydrogen-bond donors (Lipinski definition) is 3. The van der Waals surface area contributed by atoms with Gasteiger partial charge >= 0.3 is 0 Å². The van der Waals surface area contributed by atoms with E-state index in [-0.39, 0.29) is 48.3 Å². The molecule has 1 amide bonds. The third-order valence-corrected chi connectivity index (χ3v) is 4.41. The Morgan fingerprint density at radius 2 is 1.94 bits per heavy atom. The zero-order chi connectivity index (χ0) is 21.3. The number of carbonyl (C=O) groups excluding carboxylic acids is 1. The van der Waals surface area contributed by atoms with Gasteiger partial charge in [0, 0.05) is 18.3 Å². The SMILES string of the molecule is CC(C)Oc1ccc(NC(=NCC(=O)NC2CC2)NCCc2cccc(F)c2)cc1.I. The molecule has 0 bridgehead atoms. The minimum atomic E-state index is -0.250. The minimum absolute atomic E-state index is 0. The first-order valence-corrected chi connectivity index (χ1v) is 10.3. The standard InChI is InChI=1S/C23H29FN4O2.HI/c1-16(2)30-21-10-8-20(9-11-21)28-23(26-15-22(29)27-19-6-7-19)25-13-12-17-4-3-5-18(24)14-17;/h3-5,8-11,14,16,19H,6-7,12-13,15H2,1-2H3,(H,27,29)(H2,25,26,28);1H. The second-order valence-electron chi connectivity index (χ2n) is 7.63. The van der Waals surface area contributed by atoms with Crippen LogP contribution in [0.5, 0.6) is 5.75 Å². The van der Waals surface area contributed by atoms with E-state index in [1.54, 1.807) is 6.07 Å². The second kappa shape index (κ2) is 12.5. The molecule has 6 nitrogen and oxygen atoms in total. The Morgan fingerprint density at radius 3 is 2.58 bits per heavy atom. The molecule has 3 rings (SSSR count). The van der Waals surface area contributed by atoms with Gasteiger partial charge in [0.2, 0.25) is 5.91 Å². The van der Waals surface area contributed by atoms with Gasteiger partial charge in [-0.25, -0.2) is 9.38 Å². The highest BCUT2D eigenvalue weighted by Gasteiger charge is 2.22. The molecule has 0 heterocycles. The predicted octanol–water partition coefficient (Wildman–Crippen LogP) is 4.11. The fourth-order valence-corrected chi connectivity index (χ4v) is 2.83. The van der Waals surface area contributed by atoms with Gasteiger partial charge in [0.25, 0.3) is 0 Å². The first kappa shape index (κ1) is 24.9. The molecule has 1 saturated carbocycles. The molecular weight excluding hydrogens is 510 g/mol. The van der Waals surface area contributed by atoms with Crippen LogP contribution in [0.15, 0.2) is 53.5 Å². The Balaban J connectivity index is 0.00000341. The Labute approximate surface area is 200 Å². The van der Waals surface area contributed by atoms with E-state index in [0.29, 0.717) is 25.0 Å². The van der Waals surface area contributed by atoms with Crippen LogP contribution < -0.4 is 20.7 Å². The maximum atomic E-state index is 13.4. The van der Waals surface area contributed by atoms with Crippen molar-refractivity contribution in [2.75, 3.05) is 18.4 Å². The Bertz CT molecular complexity index is 870. The fourth-order valence-electron chi connectivity index (χ4n) is 2.83. The molecule has 1 aliphatic carbocycles. The van der Waals surface area contributed by atoms with Crippen molar-refractivity contribution < 1.29 is 13.9 Å². The maximum absolute atomic E-state index is 13.4. The molecule has 0 unspecified atom stereocenters. The number of nitrogens with one attached hydrogen (secondary N) is 3. The van der Waals surface area contributed by atoms with Crippen molar-refractivity contribution in [1.82, 2.24) is 10.6 Å². The summed E-state index contributed by atoms with van der Waals surface area (Å²) in [5.41, 5.74) is 1.72. The first-order chi connectivity index (χ1) is 14.5. The van der Waals surface area contributed by atoms with Crippen LogP contribution in [0.25, 0.3) is 0 Å². The topological polar surface area (TPSA) is 74.8 Å². The van der Waals surface area contributed by atoms with Crippen molar-refractivity contribution in [3.63, 3.8) is 0 Å². The average Bonchev–Trinajstić information content (AvgIpc) is 3.51. The molecule has 3 N–H and O–H groups in total. The predicted molar refractivity (Wildman–Crippen MR) is 133 cm³/mol. The van der Waals surface area contributed by atoms with Gasteiger partial charge in [-0.05, 0) is 75.1 Å². The van der Waals surface area contributed by atoms with Crippen LogP contribution >= 0.6 is 24.0 Å². The van der Waals surface area contributed by atoms with Crippen LogP contribution in [0.3, 0.4) is 0 Å². The van der Waals surface area contributed by atoms with Gasteiger partial charge < -0.3 is 20.7 Å². The molecule has 0 radical (unpaired) electrons. The molecular formula is C23H30FIN4O2. The number of amides is 1. The lowest BCUT2D eigenvalue weighted by atomic mass is 10.1. The number of rotatable bonds is 9. The summed E-state index contributed by atoms with van der Waals surface area (Å²) < 4.78 is 19.0. The number of nitrogens with zero attached hydrogens (tertiary/aromatic N) is 1. The minimum Gasteiger partial charge on any atom is -0.491 e. The highest BCUT2D eigenvalue weighted by molar-refractivity contribution is 14.0. The average molecular weight is 540 g/mol. The summed E-state index contributed by atoms with van der Waals surface area (Å²) in [7, 11) is 0. The van der Waals surface area contributed by atoms with E-state index in [9.17, 15) is 9.18 Å². The van der Waals surface area contributed by atoms with Crippen LogP contribution in [-0.4, -0.2) is 37.1 Å². The van der Waals surface area contributed by atoms with Crippen LogP contribution in [0, 0.1) is 5.82 Å². The summed E-state index contributed by atoms with van der Waals surface area (Å²) >= 11 is 0. The Morgan fingerprint density at radius 1 is 1.19 bits per heavy atom. The van der Waals surface area contributed by atoms with E-state index < -0.39 is 0 Å². The van der Waals surface area contributed by atoms with E-state index in [0.717, 1.165) is 29.8 Å². The molecule has 2 aromatic carbocycles. The lowest BCUT2D eigenvalue weighted by molar-refractivity contribution is -0.119. The lowest BCUT2D eigenvalue weighted by Gasteiger charge is -2.14. The Hall–Kier alpha value is -2.36. The molecule has 31 heavy (non-hydrogen) atoms. The van der Waals surface area contributed by atoms with Crippen LogP contribution in [0.4, 0.5) is 10.1 Å². The molecule has 0 aliphatic heterocycles. The largest absolute Gasteiger partial charge is 0.491 e. The number of guanidine groups is 1. The van der Waals surface area contributed by atoms with Crippen LogP contribution in [0.1, 0.15) is 32.3 Å². The summed E-state index contributed by atoms with van der Waals surface area (Å²) in [5, 5.41) is 9.35. The molecule has 1 fully saturated rings. The lowest BCUT2D eigenvalue weighted by Crippen LogP contribution is -2.35. The van der Waals surface area contributed by atoms with Crippen molar-refractivity contribution in [3.8, 4) is 5.75 Å². The fraction of sp³-hybridized carbons (Fsp3) is 0.391. The number of ether oxygens (including phenoxy) is 1.